The molecule has 0 spiro atoms. The van der Waals surface area contributed by atoms with Gasteiger partial charge in [-0.25, -0.2) is 0 Å². The molecule has 0 saturated carbocycles. The largest absolute Gasteiger partial charge is 0.469 e. The van der Waals surface area contributed by atoms with Crippen LogP contribution in [0, 0.1) is 0 Å². The molecule has 1 aromatic carbocycles. The third-order valence-corrected chi connectivity index (χ3v) is 4.11. The number of hydrogen-bond donors (Lipinski definition) is 1. The fourth-order valence-corrected chi connectivity index (χ4v) is 3.05. The van der Waals surface area contributed by atoms with Gasteiger partial charge in [0.1, 0.15) is 0 Å². The Kier molecular flexibility index (Phi) is 4.25. The topological polar surface area (TPSA) is 55.4 Å². The van der Waals surface area contributed by atoms with Gasteiger partial charge < -0.3 is 10.1 Å². The Morgan fingerprint density at radius 3 is 2.94 bits per heavy atom. The first-order chi connectivity index (χ1) is 8.70. The van der Waals surface area contributed by atoms with Gasteiger partial charge in [0.15, 0.2) is 0 Å². The monoisotopic (exact) mass is 265 g/mol. The minimum Gasteiger partial charge on any atom is -0.469 e. The van der Waals surface area contributed by atoms with Gasteiger partial charge in [-0.15, -0.1) is 11.8 Å². The van der Waals surface area contributed by atoms with E-state index in [1.807, 2.05) is 24.3 Å². The zero-order valence-corrected chi connectivity index (χ0v) is 11.0. The van der Waals surface area contributed by atoms with Gasteiger partial charge in [0.2, 0.25) is 5.91 Å². The lowest BCUT2D eigenvalue weighted by molar-refractivity contribution is -0.140. The Hall–Kier alpha value is -1.49. The van der Waals surface area contributed by atoms with Crippen LogP contribution in [0.1, 0.15) is 12.0 Å². The quantitative estimate of drug-likeness (QED) is 0.836. The minimum absolute atomic E-state index is 0.0138. The van der Waals surface area contributed by atoms with Crippen LogP contribution in [0.25, 0.3) is 0 Å². The third-order valence-electron chi connectivity index (χ3n) is 2.80. The van der Waals surface area contributed by atoms with Gasteiger partial charge in [-0.05, 0) is 18.1 Å². The summed E-state index contributed by atoms with van der Waals surface area (Å²) in [6, 6.07) is 8.03. The van der Waals surface area contributed by atoms with Crippen molar-refractivity contribution < 1.29 is 14.3 Å². The Morgan fingerprint density at radius 2 is 2.22 bits per heavy atom. The standard InChI is InChI=1S/C13H15NO3S/c1-17-12(15)6-7-14-13(16)11-8-9-4-2-3-5-10(9)18-11/h2-5,11H,6-8H2,1H3,(H,14,16). The molecule has 1 atom stereocenters. The van der Waals surface area contributed by atoms with Crippen LogP contribution in [-0.2, 0) is 20.7 Å². The summed E-state index contributed by atoms with van der Waals surface area (Å²) in [6.07, 6.45) is 0.970. The van der Waals surface area contributed by atoms with Gasteiger partial charge in [-0.3, -0.25) is 9.59 Å². The number of esters is 1. The molecule has 1 aromatic rings. The Balaban J connectivity index is 1.81. The van der Waals surface area contributed by atoms with Crippen molar-refractivity contribution in [3.63, 3.8) is 0 Å². The van der Waals surface area contributed by atoms with E-state index in [0.717, 1.165) is 6.42 Å². The summed E-state index contributed by atoms with van der Waals surface area (Å²) in [6.45, 7) is 0.332. The van der Waals surface area contributed by atoms with Gasteiger partial charge in [0.25, 0.3) is 0 Å². The Labute approximate surface area is 110 Å². The van der Waals surface area contributed by atoms with Crippen molar-refractivity contribution in [3.8, 4) is 0 Å². The first kappa shape index (κ1) is 13.0. The molecule has 4 nitrogen and oxygen atoms in total. The summed E-state index contributed by atoms with van der Waals surface area (Å²) >= 11 is 1.58. The second-order valence-corrected chi connectivity index (χ2v) is 5.28. The van der Waals surface area contributed by atoms with Gasteiger partial charge in [0, 0.05) is 11.4 Å². The van der Waals surface area contributed by atoms with Gasteiger partial charge >= 0.3 is 5.97 Å². The first-order valence-electron chi connectivity index (χ1n) is 5.80. The van der Waals surface area contributed by atoms with Crippen molar-refractivity contribution >= 4 is 23.6 Å². The molecule has 0 bridgehead atoms. The van der Waals surface area contributed by atoms with E-state index in [0.29, 0.717) is 6.54 Å². The second-order valence-electron chi connectivity index (χ2n) is 4.04. The fourth-order valence-electron chi connectivity index (χ4n) is 1.83. The summed E-state index contributed by atoms with van der Waals surface area (Å²) in [5.74, 6) is -0.322. The normalized spacial score (nSPS) is 17.1. The maximum Gasteiger partial charge on any atom is 0.307 e. The van der Waals surface area contributed by atoms with Crippen LogP contribution in [-0.4, -0.2) is 30.8 Å². The molecule has 0 aliphatic carbocycles. The molecule has 0 aromatic heterocycles. The molecular formula is C13H15NO3S. The molecule has 1 unspecified atom stereocenters. The van der Waals surface area contributed by atoms with Gasteiger partial charge in [-0.2, -0.15) is 0 Å². The molecule has 1 aliphatic rings. The predicted molar refractivity (Wildman–Crippen MR) is 69.4 cm³/mol. The number of nitrogens with one attached hydrogen (secondary N) is 1. The van der Waals surface area contributed by atoms with Crippen molar-refractivity contribution in [1.82, 2.24) is 5.32 Å². The smallest absolute Gasteiger partial charge is 0.307 e. The van der Waals surface area contributed by atoms with E-state index in [1.165, 1.54) is 17.6 Å². The zero-order valence-electron chi connectivity index (χ0n) is 10.1. The molecule has 96 valence electrons. The third kappa shape index (κ3) is 3.04. The summed E-state index contributed by atoms with van der Waals surface area (Å²) in [5.41, 5.74) is 1.22. The zero-order chi connectivity index (χ0) is 13.0. The Bertz CT molecular complexity index is 436. The van der Waals surface area contributed by atoms with E-state index < -0.39 is 0 Å². The molecule has 1 amide bonds. The highest BCUT2D eigenvalue weighted by molar-refractivity contribution is 8.01. The summed E-state index contributed by atoms with van der Waals surface area (Å²) in [7, 11) is 1.34. The Morgan fingerprint density at radius 1 is 1.44 bits per heavy atom. The molecule has 0 radical (unpaired) electrons. The van der Waals surface area contributed by atoms with Crippen LogP contribution >= 0.6 is 11.8 Å². The number of fused-ring (bicyclic) bond motifs is 1. The number of benzene rings is 1. The van der Waals surface area contributed by atoms with E-state index >= 15 is 0 Å². The molecule has 5 heteroatoms. The van der Waals surface area contributed by atoms with Crippen LogP contribution in [0.3, 0.4) is 0 Å². The van der Waals surface area contributed by atoms with Crippen molar-refractivity contribution in [1.29, 1.82) is 0 Å². The number of carbonyl (C=O) groups excluding carboxylic acids is 2. The molecule has 0 saturated heterocycles. The lowest BCUT2D eigenvalue weighted by atomic mass is 10.1. The highest BCUT2D eigenvalue weighted by Crippen LogP contribution is 2.36. The highest BCUT2D eigenvalue weighted by atomic mass is 32.2. The molecule has 1 N–H and O–H groups in total. The number of thioether (sulfide) groups is 1. The summed E-state index contributed by atoms with van der Waals surface area (Å²) in [4.78, 5) is 24.0. The average Bonchev–Trinajstić information content (AvgIpc) is 2.82. The van der Waals surface area contributed by atoms with Crippen molar-refractivity contribution in [3.05, 3.63) is 29.8 Å². The SMILES string of the molecule is COC(=O)CCNC(=O)C1Cc2ccccc2S1. The number of rotatable bonds is 4. The number of hydrogen-bond acceptors (Lipinski definition) is 4. The fraction of sp³-hybridized carbons (Fsp3) is 0.385. The van der Waals surface area contributed by atoms with Crippen LogP contribution in [0.5, 0.6) is 0 Å². The van der Waals surface area contributed by atoms with Crippen LogP contribution < -0.4 is 5.32 Å². The van der Waals surface area contributed by atoms with Crippen molar-refractivity contribution in [2.24, 2.45) is 0 Å². The van der Waals surface area contributed by atoms with E-state index in [1.54, 1.807) is 11.8 Å². The predicted octanol–water partition coefficient (Wildman–Crippen LogP) is 1.38. The molecule has 0 fully saturated rings. The second kappa shape index (κ2) is 5.91. The van der Waals surface area contributed by atoms with Crippen LogP contribution in [0.4, 0.5) is 0 Å². The number of carbonyl (C=O) groups is 2. The van der Waals surface area contributed by atoms with Gasteiger partial charge in [0.05, 0.1) is 18.8 Å². The van der Waals surface area contributed by atoms with E-state index in [2.05, 4.69) is 10.1 Å². The molecule has 18 heavy (non-hydrogen) atoms. The van der Waals surface area contributed by atoms with Crippen molar-refractivity contribution in [2.45, 2.75) is 23.0 Å². The summed E-state index contributed by atoms with van der Waals surface area (Å²) < 4.78 is 4.51. The lowest BCUT2D eigenvalue weighted by Crippen LogP contribution is -2.34. The summed E-state index contributed by atoms with van der Waals surface area (Å²) in [5, 5.41) is 2.68. The minimum atomic E-state index is -0.308. The molecule has 2 rings (SSSR count). The van der Waals surface area contributed by atoms with E-state index in [-0.39, 0.29) is 23.5 Å². The molecule has 1 heterocycles. The van der Waals surface area contributed by atoms with E-state index in [4.69, 9.17) is 0 Å². The van der Waals surface area contributed by atoms with E-state index in [9.17, 15) is 9.59 Å². The number of amides is 1. The molecule has 1 aliphatic heterocycles. The lowest BCUT2D eigenvalue weighted by Gasteiger charge is -2.09. The highest BCUT2D eigenvalue weighted by Gasteiger charge is 2.27. The molecular weight excluding hydrogens is 250 g/mol. The number of methoxy groups -OCH3 is 1. The van der Waals surface area contributed by atoms with Crippen LogP contribution in [0.2, 0.25) is 0 Å². The van der Waals surface area contributed by atoms with Crippen molar-refractivity contribution in [2.75, 3.05) is 13.7 Å². The average molecular weight is 265 g/mol. The van der Waals surface area contributed by atoms with Gasteiger partial charge in [-0.1, -0.05) is 18.2 Å². The number of ether oxygens (including phenoxy) is 1. The first-order valence-corrected chi connectivity index (χ1v) is 6.68. The maximum absolute atomic E-state index is 11.9. The maximum atomic E-state index is 11.9. The van der Waals surface area contributed by atoms with Crippen LogP contribution in [0.15, 0.2) is 29.2 Å².